The van der Waals surface area contributed by atoms with Crippen molar-refractivity contribution in [2.75, 3.05) is 6.54 Å². The standard InChI is InChI=1S/C18H28N2O2/c1-12(2)10-11-19-18(22)16(13(3)4)20-17(21)15-9-7-6-8-14(15)5/h6-9,12-13,16H,10-11H2,1-5H3,(H,19,22)(H,20,21). The van der Waals surface area contributed by atoms with E-state index in [1.807, 2.05) is 39.0 Å². The van der Waals surface area contributed by atoms with Gasteiger partial charge in [0, 0.05) is 12.1 Å². The number of nitrogens with one attached hydrogen (secondary N) is 2. The molecule has 122 valence electrons. The molecule has 0 aliphatic carbocycles. The van der Waals surface area contributed by atoms with E-state index < -0.39 is 6.04 Å². The maximum atomic E-state index is 12.4. The van der Waals surface area contributed by atoms with Crippen molar-refractivity contribution >= 4 is 11.8 Å². The van der Waals surface area contributed by atoms with Crippen LogP contribution in [0.2, 0.25) is 0 Å². The average molecular weight is 304 g/mol. The van der Waals surface area contributed by atoms with Crippen LogP contribution < -0.4 is 10.6 Å². The SMILES string of the molecule is Cc1ccccc1C(=O)NC(C(=O)NCCC(C)C)C(C)C. The van der Waals surface area contributed by atoms with Gasteiger partial charge in [0.25, 0.3) is 5.91 Å². The summed E-state index contributed by atoms with van der Waals surface area (Å²) in [6, 6.07) is 6.87. The van der Waals surface area contributed by atoms with Crippen molar-refractivity contribution in [3.8, 4) is 0 Å². The first-order chi connectivity index (χ1) is 10.3. The summed E-state index contributed by atoms with van der Waals surface area (Å²) in [6.45, 7) is 10.6. The lowest BCUT2D eigenvalue weighted by Crippen LogP contribution is -2.50. The fourth-order valence-corrected chi connectivity index (χ4v) is 2.18. The third-order valence-electron chi connectivity index (χ3n) is 3.65. The molecule has 1 aromatic carbocycles. The summed E-state index contributed by atoms with van der Waals surface area (Å²) in [5.74, 6) is 0.264. The molecule has 0 fully saturated rings. The number of hydrogen-bond acceptors (Lipinski definition) is 2. The molecule has 1 unspecified atom stereocenters. The van der Waals surface area contributed by atoms with E-state index in [9.17, 15) is 9.59 Å². The van der Waals surface area contributed by atoms with E-state index in [1.165, 1.54) is 0 Å². The zero-order valence-electron chi connectivity index (χ0n) is 14.3. The lowest BCUT2D eigenvalue weighted by molar-refractivity contribution is -0.123. The first-order valence-electron chi connectivity index (χ1n) is 7.97. The van der Waals surface area contributed by atoms with Crippen LogP contribution in [0.25, 0.3) is 0 Å². The van der Waals surface area contributed by atoms with Gasteiger partial charge in [-0.2, -0.15) is 0 Å². The maximum absolute atomic E-state index is 12.4. The minimum Gasteiger partial charge on any atom is -0.354 e. The highest BCUT2D eigenvalue weighted by molar-refractivity contribution is 5.98. The quantitative estimate of drug-likeness (QED) is 0.813. The van der Waals surface area contributed by atoms with Crippen molar-refractivity contribution in [1.82, 2.24) is 10.6 Å². The largest absolute Gasteiger partial charge is 0.354 e. The van der Waals surface area contributed by atoms with Gasteiger partial charge in [-0.05, 0) is 36.8 Å². The van der Waals surface area contributed by atoms with Crippen LogP contribution in [0.5, 0.6) is 0 Å². The Bertz CT molecular complexity index is 510. The van der Waals surface area contributed by atoms with Crippen molar-refractivity contribution in [2.24, 2.45) is 11.8 Å². The van der Waals surface area contributed by atoms with E-state index in [2.05, 4.69) is 24.5 Å². The fourth-order valence-electron chi connectivity index (χ4n) is 2.18. The Kier molecular flexibility index (Phi) is 7.09. The van der Waals surface area contributed by atoms with Crippen LogP contribution in [-0.4, -0.2) is 24.4 Å². The predicted molar refractivity (Wildman–Crippen MR) is 89.7 cm³/mol. The minimum absolute atomic E-state index is 0.0343. The maximum Gasteiger partial charge on any atom is 0.252 e. The Morgan fingerprint density at radius 2 is 1.73 bits per heavy atom. The lowest BCUT2D eigenvalue weighted by atomic mass is 10.0. The van der Waals surface area contributed by atoms with Gasteiger partial charge in [-0.25, -0.2) is 0 Å². The number of aryl methyl sites for hydroxylation is 1. The van der Waals surface area contributed by atoms with Crippen LogP contribution in [0.4, 0.5) is 0 Å². The average Bonchev–Trinajstić information content (AvgIpc) is 2.44. The molecule has 0 saturated heterocycles. The van der Waals surface area contributed by atoms with Crippen molar-refractivity contribution in [3.63, 3.8) is 0 Å². The first kappa shape index (κ1) is 18.2. The summed E-state index contributed by atoms with van der Waals surface area (Å²) in [5.41, 5.74) is 1.52. The fraction of sp³-hybridized carbons (Fsp3) is 0.556. The first-order valence-corrected chi connectivity index (χ1v) is 7.97. The molecule has 4 heteroatoms. The molecular weight excluding hydrogens is 276 g/mol. The Balaban J connectivity index is 2.70. The number of carbonyl (C=O) groups is 2. The number of carbonyl (C=O) groups excluding carboxylic acids is 2. The molecule has 2 amide bonds. The van der Waals surface area contributed by atoms with E-state index in [0.717, 1.165) is 12.0 Å². The number of amides is 2. The van der Waals surface area contributed by atoms with Gasteiger partial charge in [0.1, 0.15) is 6.04 Å². The molecule has 1 atom stereocenters. The van der Waals surface area contributed by atoms with Crippen molar-refractivity contribution in [3.05, 3.63) is 35.4 Å². The molecule has 4 nitrogen and oxygen atoms in total. The number of hydrogen-bond donors (Lipinski definition) is 2. The van der Waals surface area contributed by atoms with Gasteiger partial charge >= 0.3 is 0 Å². The van der Waals surface area contributed by atoms with Crippen LogP contribution in [0, 0.1) is 18.8 Å². The van der Waals surface area contributed by atoms with Gasteiger partial charge < -0.3 is 10.6 Å². The van der Waals surface area contributed by atoms with Crippen LogP contribution in [0.15, 0.2) is 24.3 Å². The molecule has 0 aliphatic rings. The van der Waals surface area contributed by atoms with E-state index in [1.54, 1.807) is 6.07 Å². The van der Waals surface area contributed by atoms with Gasteiger partial charge in [0.2, 0.25) is 5.91 Å². The Morgan fingerprint density at radius 1 is 1.09 bits per heavy atom. The Morgan fingerprint density at radius 3 is 2.27 bits per heavy atom. The highest BCUT2D eigenvalue weighted by Crippen LogP contribution is 2.09. The van der Waals surface area contributed by atoms with E-state index in [-0.39, 0.29) is 17.7 Å². The Labute approximate surface area is 133 Å². The lowest BCUT2D eigenvalue weighted by Gasteiger charge is -2.22. The summed E-state index contributed by atoms with van der Waals surface area (Å²) in [7, 11) is 0. The molecule has 22 heavy (non-hydrogen) atoms. The number of benzene rings is 1. The van der Waals surface area contributed by atoms with Gasteiger partial charge in [-0.1, -0.05) is 45.9 Å². The molecule has 1 aromatic rings. The minimum atomic E-state index is -0.515. The molecule has 0 bridgehead atoms. The molecule has 0 radical (unpaired) electrons. The summed E-state index contributed by atoms with van der Waals surface area (Å²) in [4.78, 5) is 24.7. The van der Waals surface area contributed by atoms with Crippen LogP contribution >= 0.6 is 0 Å². The smallest absolute Gasteiger partial charge is 0.252 e. The molecular formula is C18H28N2O2. The summed E-state index contributed by atoms with van der Waals surface area (Å²) < 4.78 is 0. The van der Waals surface area contributed by atoms with Crippen molar-refractivity contribution < 1.29 is 9.59 Å². The summed E-state index contributed by atoms with van der Waals surface area (Å²) >= 11 is 0. The highest BCUT2D eigenvalue weighted by atomic mass is 16.2. The van der Waals surface area contributed by atoms with E-state index in [4.69, 9.17) is 0 Å². The molecule has 2 N–H and O–H groups in total. The third kappa shape index (κ3) is 5.51. The van der Waals surface area contributed by atoms with Crippen LogP contribution in [0.3, 0.4) is 0 Å². The van der Waals surface area contributed by atoms with Gasteiger partial charge in [-0.15, -0.1) is 0 Å². The molecule has 0 aliphatic heterocycles. The molecule has 0 aromatic heterocycles. The monoisotopic (exact) mass is 304 g/mol. The van der Waals surface area contributed by atoms with E-state index in [0.29, 0.717) is 18.0 Å². The molecule has 1 rings (SSSR count). The normalized spacial score (nSPS) is 12.3. The predicted octanol–water partition coefficient (Wildman–Crippen LogP) is 2.91. The van der Waals surface area contributed by atoms with Crippen molar-refractivity contribution in [1.29, 1.82) is 0 Å². The van der Waals surface area contributed by atoms with Crippen LogP contribution in [0.1, 0.15) is 50.0 Å². The summed E-state index contributed by atoms with van der Waals surface area (Å²) in [5, 5.41) is 5.77. The topological polar surface area (TPSA) is 58.2 Å². The number of rotatable bonds is 7. The second-order valence-corrected chi connectivity index (χ2v) is 6.48. The second kappa shape index (κ2) is 8.57. The third-order valence-corrected chi connectivity index (χ3v) is 3.65. The van der Waals surface area contributed by atoms with Crippen molar-refractivity contribution in [2.45, 2.75) is 47.1 Å². The van der Waals surface area contributed by atoms with Gasteiger partial charge in [0.15, 0.2) is 0 Å². The van der Waals surface area contributed by atoms with Gasteiger partial charge in [-0.3, -0.25) is 9.59 Å². The second-order valence-electron chi connectivity index (χ2n) is 6.48. The molecule has 0 saturated carbocycles. The Hall–Kier alpha value is -1.84. The highest BCUT2D eigenvalue weighted by Gasteiger charge is 2.24. The molecule has 0 spiro atoms. The molecule has 0 heterocycles. The van der Waals surface area contributed by atoms with E-state index >= 15 is 0 Å². The van der Waals surface area contributed by atoms with Gasteiger partial charge in [0.05, 0.1) is 0 Å². The zero-order chi connectivity index (χ0) is 16.7. The van der Waals surface area contributed by atoms with Crippen LogP contribution in [-0.2, 0) is 4.79 Å². The summed E-state index contributed by atoms with van der Waals surface area (Å²) in [6.07, 6.45) is 0.933. The zero-order valence-corrected chi connectivity index (χ0v) is 14.3.